The molecular weight excluding hydrogens is 222 g/mol. The molecule has 0 saturated heterocycles. The van der Waals surface area contributed by atoms with Crippen LogP contribution in [0.4, 0.5) is 0 Å². The average Bonchev–Trinajstić information content (AvgIpc) is 2.46. The molecule has 0 unspecified atom stereocenters. The molecule has 0 atom stereocenters. The number of nitrogens with zero attached hydrogens (tertiary/aromatic N) is 1. The Bertz CT molecular complexity index is 276. The van der Waals surface area contributed by atoms with Gasteiger partial charge in [0.2, 0.25) is 6.08 Å². The Balaban J connectivity index is 2.11. The molecule has 0 bridgehead atoms. The molecule has 2 aliphatic carbocycles. The fraction of sp³-hybridized carbons (Fsp3) is 0.938. The normalized spacial score (nSPS) is 23.6. The summed E-state index contributed by atoms with van der Waals surface area (Å²) in [6.45, 7) is 3.12. The van der Waals surface area contributed by atoms with Crippen LogP contribution in [0.25, 0.3) is 0 Å². The third kappa shape index (κ3) is 3.03. The van der Waals surface area contributed by atoms with Crippen LogP contribution in [0.5, 0.6) is 0 Å². The van der Waals surface area contributed by atoms with Crippen molar-refractivity contribution in [2.75, 3.05) is 6.54 Å². The molecule has 0 heterocycles. The van der Waals surface area contributed by atoms with Crippen molar-refractivity contribution in [3.05, 3.63) is 0 Å². The Hall–Kier alpha value is -0.620. The second kappa shape index (κ2) is 6.52. The highest BCUT2D eigenvalue weighted by molar-refractivity contribution is 5.33. The minimum atomic E-state index is 0.262. The van der Waals surface area contributed by atoms with Crippen molar-refractivity contribution in [2.45, 2.75) is 71.1 Å². The van der Waals surface area contributed by atoms with E-state index in [2.05, 4.69) is 11.9 Å². The molecule has 0 aromatic carbocycles. The van der Waals surface area contributed by atoms with Gasteiger partial charge >= 0.3 is 0 Å². The van der Waals surface area contributed by atoms with Crippen LogP contribution in [0.3, 0.4) is 0 Å². The maximum Gasteiger partial charge on any atom is 0.234 e. The number of hydrogen-bond acceptors (Lipinski definition) is 2. The summed E-state index contributed by atoms with van der Waals surface area (Å²) in [5.74, 6) is 1.57. The van der Waals surface area contributed by atoms with Crippen LogP contribution in [0.1, 0.15) is 71.1 Å². The van der Waals surface area contributed by atoms with E-state index in [0.29, 0.717) is 6.54 Å². The van der Waals surface area contributed by atoms with Gasteiger partial charge in [0.1, 0.15) is 0 Å². The van der Waals surface area contributed by atoms with Gasteiger partial charge in [-0.2, -0.15) is 0 Å². The van der Waals surface area contributed by atoms with Crippen molar-refractivity contribution < 1.29 is 4.79 Å². The zero-order chi connectivity index (χ0) is 12.8. The molecule has 0 aromatic heterocycles. The van der Waals surface area contributed by atoms with Crippen LogP contribution in [-0.2, 0) is 4.79 Å². The molecule has 0 aromatic rings. The topological polar surface area (TPSA) is 29.4 Å². The predicted molar refractivity (Wildman–Crippen MR) is 74.2 cm³/mol. The van der Waals surface area contributed by atoms with E-state index in [-0.39, 0.29) is 5.41 Å². The molecule has 0 spiro atoms. The summed E-state index contributed by atoms with van der Waals surface area (Å²) in [6.07, 6.45) is 15.5. The van der Waals surface area contributed by atoms with Crippen LogP contribution in [-0.4, -0.2) is 12.6 Å². The van der Waals surface area contributed by atoms with Crippen LogP contribution >= 0.6 is 0 Å². The van der Waals surface area contributed by atoms with Crippen LogP contribution < -0.4 is 0 Å². The van der Waals surface area contributed by atoms with E-state index in [0.717, 1.165) is 11.8 Å². The molecular formula is C16H27NO. The van der Waals surface area contributed by atoms with Gasteiger partial charge in [0.05, 0.1) is 6.54 Å². The van der Waals surface area contributed by atoms with E-state index in [4.69, 9.17) is 0 Å². The Kier molecular flexibility index (Phi) is 5.00. The lowest BCUT2D eigenvalue weighted by molar-refractivity contribution is 0.0491. The number of carbonyl (C=O) groups excluding carboxylic acids is 1. The van der Waals surface area contributed by atoms with Gasteiger partial charge in [-0.25, -0.2) is 9.79 Å². The second-order valence-electron chi connectivity index (χ2n) is 6.58. The van der Waals surface area contributed by atoms with Gasteiger partial charge in [-0.1, -0.05) is 45.4 Å². The Morgan fingerprint density at radius 3 is 1.78 bits per heavy atom. The fourth-order valence-corrected chi connectivity index (χ4v) is 4.32. The largest absolute Gasteiger partial charge is 0.234 e. The molecule has 2 saturated carbocycles. The minimum absolute atomic E-state index is 0.262. The molecule has 102 valence electrons. The van der Waals surface area contributed by atoms with Gasteiger partial charge in [-0.3, -0.25) is 0 Å². The SMILES string of the molecule is CC(CN=C=O)(C1CCCCC1)C1CCCCC1. The summed E-state index contributed by atoms with van der Waals surface area (Å²) in [5.41, 5.74) is 0.262. The molecule has 2 aliphatic rings. The Morgan fingerprint density at radius 1 is 0.944 bits per heavy atom. The smallest absolute Gasteiger partial charge is 0.211 e. The third-order valence-corrected chi connectivity index (χ3v) is 5.56. The lowest BCUT2D eigenvalue weighted by Crippen LogP contribution is -2.40. The Morgan fingerprint density at radius 2 is 1.39 bits per heavy atom. The monoisotopic (exact) mass is 249 g/mol. The van der Waals surface area contributed by atoms with Crippen molar-refractivity contribution in [1.29, 1.82) is 0 Å². The first-order valence-electron chi connectivity index (χ1n) is 7.81. The first-order chi connectivity index (χ1) is 8.77. The van der Waals surface area contributed by atoms with Gasteiger partial charge in [-0.05, 0) is 42.9 Å². The van der Waals surface area contributed by atoms with Gasteiger partial charge in [0.25, 0.3) is 0 Å². The fourth-order valence-electron chi connectivity index (χ4n) is 4.32. The second-order valence-corrected chi connectivity index (χ2v) is 6.58. The lowest BCUT2D eigenvalue weighted by Gasteiger charge is -2.46. The zero-order valence-corrected chi connectivity index (χ0v) is 11.8. The van der Waals surface area contributed by atoms with E-state index in [1.165, 1.54) is 64.2 Å². The van der Waals surface area contributed by atoms with E-state index in [9.17, 15) is 4.79 Å². The molecule has 2 heteroatoms. The highest BCUT2D eigenvalue weighted by Gasteiger charge is 2.41. The van der Waals surface area contributed by atoms with Crippen molar-refractivity contribution in [3.63, 3.8) is 0 Å². The summed E-state index contributed by atoms with van der Waals surface area (Å²) in [6, 6.07) is 0. The number of isocyanates is 1. The maximum atomic E-state index is 10.5. The predicted octanol–water partition coefficient (Wildman–Crippen LogP) is 4.49. The van der Waals surface area contributed by atoms with E-state index in [1.54, 1.807) is 6.08 Å². The van der Waals surface area contributed by atoms with E-state index < -0.39 is 0 Å². The molecule has 2 nitrogen and oxygen atoms in total. The molecule has 18 heavy (non-hydrogen) atoms. The third-order valence-electron chi connectivity index (χ3n) is 5.56. The number of rotatable bonds is 4. The zero-order valence-electron chi connectivity index (χ0n) is 11.8. The van der Waals surface area contributed by atoms with Crippen molar-refractivity contribution in [1.82, 2.24) is 0 Å². The molecule has 2 rings (SSSR count). The first-order valence-corrected chi connectivity index (χ1v) is 7.81. The summed E-state index contributed by atoms with van der Waals surface area (Å²) in [5, 5.41) is 0. The minimum Gasteiger partial charge on any atom is -0.211 e. The molecule has 0 amide bonds. The van der Waals surface area contributed by atoms with Crippen LogP contribution in [0.2, 0.25) is 0 Å². The molecule has 0 radical (unpaired) electrons. The summed E-state index contributed by atoms with van der Waals surface area (Å²) >= 11 is 0. The van der Waals surface area contributed by atoms with Crippen LogP contribution in [0, 0.1) is 17.3 Å². The Labute approximate surface area is 111 Å². The maximum absolute atomic E-state index is 10.5. The quantitative estimate of drug-likeness (QED) is 0.533. The highest BCUT2D eigenvalue weighted by Crippen LogP contribution is 2.48. The number of hydrogen-bond donors (Lipinski definition) is 0. The van der Waals surface area contributed by atoms with Gasteiger partial charge < -0.3 is 0 Å². The standard InChI is InChI=1S/C16H27NO/c1-16(12-17-13-18,14-8-4-2-5-9-14)15-10-6-3-7-11-15/h14-15H,2-12H2,1H3. The summed E-state index contributed by atoms with van der Waals surface area (Å²) in [7, 11) is 0. The number of aliphatic imine (C=N–C) groups is 1. The van der Waals surface area contributed by atoms with Gasteiger partial charge in [0.15, 0.2) is 0 Å². The molecule has 0 N–H and O–H groups in total. The van der Waals surface area contributed by atoms with Crippen molar-refractivity contribution >= 4 is 6.08 Å². The van der Waals surface area contributed by atoms with Crippen molar-refractivity contribution in [3.8, 4) is 0 Å². The van der Waals surface area contributed by atoms with E-state index in [1.807, 2.05) is 0 Å². The van der Waals surface area contributed by atoms with Gasteiger partial charge in [0, 0.05) is 0 Å². The van der Waals surface area contributed by atoms with E-state index >= 15 is 0 Å². The summed E-state index contributed by atoms with van der Waals surface area (Å²) < 4.78 is 0. The highest BCUT2D eigenvalue weighted by atomic mass is 16.1. The molecule has 0 aliphatic heterocycles. The van der Waals surface area contributed by atoms with Gasteiger partial charge in [-0.15, -0.1) is 0 Å². The summed E-state index contributed by atoms with van der Waals surface area (Å²) in [4.78, 5) is 14.5. The lowest BCUT2D eigenvalue weighted by atomic mass is 9.60. The molecule has 2 fully saturated rings. The average molecular weight is 249 g/mol. The first kappa shape index (κ1) is 13.8. The van der Waals surface area contributed by atoms with Crippen molar-refractivity contribution in [2.24, 2.45) is 22.2 Å². The van der Waals surface area contributed by atoms with Crippen LogP contribution in [0.15, 0.2) is 4.99 Å².